The molecule has 0 amide bonds. The Bertz CT molecular complexity index is 457. The van der Waals surface area contributed by atoms with Crippen LogP contribution in [0.1, 0.15) is 25.1 Å². The Morgan fingerprint density at radius 2 is 2.33 bits per heavy atom. The van der Waals surface area contributed by atoms with Crippen LogP contribution in [-0.4, -0.2) is 20.3 Å². The highest BCUT2D eigenvalue weighted by Gasteiger charge is 2.39. The highest BCUT2D eigenvalue weighted by molar-refractivity contribution is 5.44. The number of aromatic amines is 1. The van der Waals surface area contributed by atoms with E-state index in [9.17, 15) is 0 Å². The van der Waals surface area contributed by atoms with E-state index in [1.807, 2.05) is 0 Å². The van der Waals surface area contributed by atoms with E-state index in [0.29, 0.717) is 11.7 Å². The van der Waals surface area contributed by atoms with Crippen LogP contribution >= 0.6 is 0 Å². The second-order valence-electron chi connectivity index (χ2n) is 3.90. The van der Waals surface area contributed by atoms with Gasteiger partial charge in [-0.25, -0.2) is 0 Å². The molecule has 0 aromatic carbocycles. The van der Waals surface area contributed by atoms with Crippen LogP contribution in [0, 0.1) is 0 Å². The summed E-state index contributed by atoms with van der Waals surface area (Å²) in [4.78, 5) is 4.27. The molecule has 0 atom stereocenters. The Hall–Kier alpha value is -1.69. The van der Waals surface area contributed by atoms with Gasteiger partial charge in [-0.2, -0.15) is 10.1 Å². The lowest BCUT2D eigenvalue weighted by molar-refractivity contribution is 0.229. The average molecular weight is 205 g/mol. The van der Waals surface area contributed by atoms with Crippen LogP contribution in [0.15, 0.2) is 16.8 Å². The summed E-state index contributed by atoms with van der Waals surface area (Å²) in [5.74, 6) is 1.04. The van der Waals surface area contributed by atoms with Gasteiger partial charge in [0, 0.05) is 6.20 Å². The summed E-state index contributed by atoms with van der Waals surface area (Å²) in [5, 5.41) is 10.5. The zero-order valence-corrected chi connectivity index (χ0v) is 8.10. The summed E-state index contributed by atoms with van der Waals surface area (Å²) in [7, 11) is 0. The van der Waals surface area contributed by atoms with Gasteiger partial charge in [-0.15, -0.1) is 0 Å². The smallest absolute Gasteiger partial charge is 0.275 e. The Kier molecular flexibility index (Phi) is 1.66. The molecule has 2 heterocycles. The molecule has 1 fully saturated rings. The quantitative estimate of drug-likeness (QED) is 0.756. The van der Waals surface area contributed by atoms with E-state index in [1.54, 1.807) is 12.3 Å². The molecule has 6 heteroatoms. The Labute approximate surface area is 85.9 Å². The van der Waals surface area contributed by atoms with Gasteiger partial charge in [0.15, 0.2) is 5.82 Å². The van der Waals surface area contributed by atoms with Gasteiger partial charge in [0.25, 0.3) is 5.89 Å². The topological polar surface area (TPSA) is 93.6 Å². The van der Waals surface area contributed by atoms with E-state index in [0.717, 1.165) is 25.0 Å². The molecule has 1 aliphatic carbocycles. The summed E-state index contributed by atoms with van der Waals surface area (Å²) in [6.45, 7) is 0. The third kappa shape index (κ3) is 1.25. The highest BCUT2D eigenvalue weighted by Crippen LogP contribution is 2.37. The summed E-state index contributed by atoms with van der Waals surface area (Å²) in [6, 6.07) is 1.78. The number of nitrogens with two attached hydrogens (primary N) is 1. The largest absolute Gasteiger partial charge is 0.332 e. The average Bonchev–Trinajstić information content (AvgIpc) is 2.84. The number of hydrogen-bond acceptors (Lipinski definition) is 5. The molecule has 2 aromatic rings. The summed E-state index contributed by atoms with van der Waals surface area (Å²) in [6.07, 6.45) is 4.62. The maximum atomic E-state index is 6.08. The molecule has 1 aliphatic rings. The molecule has 3 N–H and O–H groups in total. The van der Waals surface area contributed by atoms with E-state index in [-0.39, 0.29) is 5.54 Å². The van der Waals surface area contributed by atoms with Gasteiger partial charge in [0.1, 0.15) is 5.69 Å². The second kappa shape index (κ2) is 2.90. The first kappa shape index (κ1) is 8.60. The van der Waals surface area contributed by atoms with Gasteiger partial charge in [-0.3, -0.25) is 5.10 Å². The van der Waals surface area contributed by atoms with Gasteiger partial charge in [0.05, 0.1) is 5.54 Å². The molecule has 0 spiro atoms. The molecular weight excluding hydrogens is 194 g/mol. The van der Waals surface area contributed by atoms with Gasteiger partial charge < -0.3 is 10.3 Å². The zero-order valence-electron chi connectivity index (χ0n) is 8.10. The molecule has 0 unspecified atom stereocenters. The van der Waals surface area contributed by atoms with Crippen LogP contribution in [0.25, 0.3) is 11.6 Å². The number of nitrogens with zero attached hydrogens (tertiary/aromatic N) is 3. The minimum absolute atomic E-state index is 0.373. The van der Waals surface area contributed by atoms with E-state index in [2.05, 4.69) is 20.3 Å². The van der Waals surface area contributed by atoms with Crippen molar-refractivity contribution in [1.29, 1.82) is 0 Å². The number of H-pyrrole nitrogens is 1. The monoisotopic (exact) mass is 205 g/mol. The minimum atomic E-state index is -0.373. The lowest BCUT2D eigenvalue weighted by Crippen LogP contribution is -2.44. The van der Waals surface area contributed by atoms with Crippen molar-refractivity contribution in [3.63, 3.8) is 0 Å². The van der Waals surface area contributed by atoms with Crippen molar-refractivity contribution in [3.05, 3.63) is 18.1 Å². The normalized spacial score (nSPS) is 18.7. The number of aromatic nitrogens is 4. The lowest BCUT2D eigenvalue weighted by Gasteiger charge is -2.34. The maximum Gasteiger partial charge on any atom is 0.275 e. The molecule has 78 valence electrons. The molecule has 0 radical (unpaired) electrons. The summed E-state index contributed by atoms with van der Waals surface area (Å²) in [5.41, 5.74) is 6.43. The predicted molar refractivity (Wildman–Crippen MR) is 51.6 cm³/mol. The van der Waals surface area contributed by atoms with Crippen LogP contribution in [0.4, 0.5) is 0 Å². The first-order valence-corrected chi connectivity index (χ1v) is 4.91. The molecule has 0 aliphatic heterocycles. The van der Waals surface area contributed by atoms with Gasteiger partial charge >= 0.3 is 0 Å². The molecule has 15 heavy (non-hydrogen) atoms. The highest BCUT2D eigenvalue weighted by atomic mass is 16.5. The van der Waals surface area contributed by atoms with Gasteiger partial charge in [0.2, 0.25) is 0 Å². The SMILES string of the molecule is NC1(c2noc(-c3ccn[nH]3)n2)CCC1. The molecule has 0 bridgehead atoms. The minimum Gasteiger partial charge on any atom is -0.332 e. The van der Waals surface area contributed by atoms with Crippen LogP contribution in [-0.2, 0) is 5.54 Å². The fourth-order valence-electron chi connectivity index (χ4n) is 1.69. The van der Waals surface area contributed by atoms with E-state index in [4.69, 9.17) is 10.3 Å². The zero-order chi connectivity index (χ0) is 10.3. The second-order valence-corrected chi connectivity index (χ2v) is 3.90. The molecular formula is C9H11N5O. The van der Waals surface area contributed by atoms with Gasteiger partial charge in [-0.05, 0) is 25.3 Å². The molecule has 6 nitrogen and oxygen atoms in total. The van der Waals surface area contributed by atoms with Crippen molar-refractivity contribution in [2.75, 3.05) is 0 Å². The molecule has 1 saturated carbocycles. The molecule has 3 rings (SSSR count). The Morgan fingerprint density at radius 3 is 2.93 bits per heavy atom. The first-order chi connectivity index (χ1) is 7.28. The Morgan fingerprint density at radius 1 is 1.47 bits per heavy atom. The van der Waals surface area contributed by atoms with Crippen molar-refractivity contribution in [1.82, 2.24) is 20.3 Å². The third-order valence-electron chi connectivity index (χ3n) is 2.85. The van der Waals surface area contributed by atoms with E-state index < -0.39 is 0 Å². The van der Waals surface area contributed by atoms with E-state index >= 15 is 0 Å². The summed E-state index contributed by atoms with van der Waals surface area (Å²) >= 11 is 0. The number of nitrogens with one attached hydrogen (secondary N) is 1. The fraction of sp³-hybridized carbons (Fsp3) is 0.444. The van der Waals surface area contributed by atoms with Crippen LogP contribution in [0.2, 0.25) is 0 Å². The van der Waals surface area contributed by atoms with Crippen LogP contribution < -0.4 is 5.73 Å². The van der Waals surface area contributed by atoms with Crippen molar-refractivity contribution in [2.45, 2.75) is 24.8 Å². The Balaban J connectivity index is 1.94. The molecule has 2 aromatic heterocycles. The lowest BCUT2D eigenvalue weighted by atomic mass is 9.77. The van der Waals surface area contributed by atoms with Gasteiger partial charge in [-0.1, -0.05) is 5.16 Å². The predicted octanol–water partition coefficient (Wildman–Crippen LogP) is 0.798. The van der Waals surface area contributed by atoms with E-state index in [1.165, 1.54) is 0 Å². The molecule has 0 saturated heterocycles. The van der Waals surface area contributed by atoms with Crippen molar-refractivity contribution < 1.29 is 4.52 Å². The maximum absolute atomic E-state index is 6.08. The third-order valence-corrected chi connectivity index (χ3v) is 2.85. The van der Waals surface area contributed by atoms with Crippen LogP contribution in [0.3, 0.4) is 0 Å². The van der Waals surface area contributed by atoms with Crippen molar-refractivity contribution in [3.8, 4) is 11.6 Å². The van der Waals surface area contributed by atoms with Crippen molar-refractivity contribution in [2.24, 2.45) is 5.73 Å². The number of rotatable bonds is 2. The number of hydrogen-bond donors (Lipinski definition) is 2. The fourth-order valence-corrected chi connectivity index (χ4v) is 1.69. The summed E-state index contributed by atoms with van der Waals surface area (Å²) < 4.78 is 5.12. The standard InChI is InChI=1S/C9H11N5O/c10-9(3-1-4-9)8-12-7(15-14-8)6-2-5-11-13-6/h2,5H,1,3-4,10H2,(H,11,13). The van der Waals surface area contributed by atoms with Crippen molar-refractivity contribution >= 4 is 0 Å². The first-order valence-electron chi connectivity index (χ1n) is 4.91. The van der Waals surface area contributed by atoms with Crippen LogP contribution in [0.5, 0.6) is 0 Å².